The summed E-state index contributed by atoms with van der Waals surface area (Å²) in [6, 6.07) is -3.23. The SMILES string of the molecule is O=[N+]([O-])[C-]1C(O)C(O)C([N+](=O)[O-])C(O)C1O. The second kappa shape index (κ2) is 4.17. The number of rotatable bonds is 2. The zero-order valence-corrected chi connectivity index (χ0v) is 7.70. The molecular weight excluding hydrogens is 228 g/mol. The summed E-state index contributed by atoms with van der Waals surface area (Å²) >= 11 is 0. The molecule has 16 heavy (non-hydrogen) atoms. The van der Waals surface area contributed by atoms with Crippen LogP contribution in [0.1, 0.15) is 0 Å². The van der Waals surface area contributed by atoms with Crippen molar-refractivity contribution in [2.45, 2.75) is 30.5 Å². The van der Waals surface area contributed by atoms with E-state index in [0.717, 1.165) is 0 Å². The summed E-state index contributed by atoms with van der Waals surface area (Å²) < 4.78 is 0. The van der Waals surface area contributed by atoms with E-state index in [9.17, 15) is 40.7 Å². The predicted octanol–water partition coefficient (Wildman–Crippen LogP) is -3.10. The molecule has 4 unspecified atom stereocenters. The van der Waals surface area contributed by atoms with Crippen LogP contribution in [-0.2, 0) is 0 Å². The molecule has 4 N–H and O–H groups in total. The second-order valence-electron chi connectivity index (χ2n) is 3.33. The average Bonchev–Trinajstić information content (AvgIpc) is 2.14. The highest BCUT2D eigenvalue weighted by molar-refractivity contribution is 5.09. The highest BCUT2D eigenvalue weighted by Crippen LogP contribution is 2.29. The van der Waals surface area contributed by atoms with E-state index in [1.807, 2.05) is 0 Å². The first kappa shape index (κ1) is 12.6. The molecule has 0 aromatic heterocycles. The normalized spacial score (nSPS) is 39.5. The number of aliphatic hydroxyl groups is 4. The smallest absolute Gasteiger partial charge is 0.264 e. The van der Waals surface area contributed by atoms with Gasteiger partial charge in [-0.1, -0.05) is 0 Å². The minimum atomic E-state index is -2.19. The summed E-state index contributed by atoms with van der Waals surface area (Å²) in [6.07, 6.45) is -8.67. The Hall–Kier alpha value is -1.49. The van der Waals surface area contributed by atoms with Crippen molar-refractivity contribution in [3.8, 4) is 0 Å². The first-order valence-corrected chi connectivity index (χ1v) is 4.16. The Morgan fingerprint density at radius 2 is 1.31 bits per heavy atom. The number of nitro groups is 2. The quantitative estimate of drug-likeness (QED) is 0.222. The van der Waals surface area contributed by atoms with E-state index >= 15 is 0 Å². The molecule has 1 rings (SSSR count). The van der Waals surface area contributed by atoms with Crippen LogP contribution in [0.4, 0.5) is 0 Å². The average molecular weight is 237 g/mol. The number of nitrogens with zero attached hydrogens (tertiary/aromatic N) is 2. The summed E-state index contributed by atoms with van der Waals surface area (Å²) in [7, 11) is 0. The Labute approximate surface area is 88.0 Å². The lowest BCUT2D eigenvalue weighted by atomic mass is 9.82. The van der Waals surface area contributed by atoms with Crippen molar-refractivity contribution in [3.05, 3.63) is 26.3 Å². The van der Waals surface area contributed by atoms with E-state index in [1.54, 1.807) is 0 Å². The van der Waals surface area contributed by atoms with Crippen LogP contribution in [-0.4, -0.2) is 60.7 Å². The van der Waals surface area contributed by atoms with Crippen LogP contribution in [0.15, 0.2) is 0 Å². The fourth-order valence-electron chi connectivity index (χ4n) is 1.57. The van der Waals surface area contributed by atoms with Gasteiger partial charge in [-0.15, -0.1) is 4.92 Å². The van der Waals surface area contributed by atoms with Gasteiger partial charge < -0.3 is 20.4 Å². The van der Waals surface area contributed by atoms with E-state index in [-0.39, 0.29) is 0 Å². The van der Waals surface area contributed by atoms with Crippen LogP contribution in [0.5, 0.6) is 0 Å². The largest absolute Gasteiger partial charge is 0.414 e. The predicted molar refractivity (Wildman–Crippen MR) is 45.0 cm³/mol. The van der Waals surface area contributed by atoms with Crippen molar-refractivity contribution < 1.29 is 30.3 Å². The molecule has 4 atom stereocenters. The van der Waals surface area contributed by atoms with Gasteiger partial charge in [0, 0.05) is 23.2 Å². The molecule has 1 fully saturated rings. The highest BCUT2D eigenvalue weighted by atomic mass is 16.6. The first-order chi connectivity index (χ1) is 7.29. The Morgan fingerprint density at radius 1 is 0.938 bits per heavy atom. The Balaban J connectivity index is 3.03. The standard InChI is InChI=1S/C6H9N2O8/c9-3-1(7(13)14)4(10)6(12)2(5(3)11)8(15)16/h1,3-6,9-12H/q-1. The molecule has 92 valence electrons. The van der Waals surface area contributed by atoms with E-state index < -0.39 is 46.3 Å². The Kier molecular flexibility index (Phi) is 3.28. The van der Waals surface area contributed by atoms with Crippen molar-refractivity contribution in [2.24, 2.45) is 0 Å². The lowest BCUT2D eigenvalue weighted by molar-refractivity contribution is -0.571. The van der Waals surface area contributed by atoms with Gasteiger partial charge in [0.05, 0.1) is 0 Å². The lowest BCUT2D eigenvalue weighted by Crippen LogP contribution is -2.64. The fraction of sp³-hybridized carbons (Fsp3) is 0.833. The number of hydrogen-bond donors (Lipinski definition) is 4. The van der Waals surface area contributed by atoms with Gasteiger partial charge in [0.25, 0.3) is 6.04 Å². The van der Waals surface area contributed by atoms with Gasteiger partial charge in [-0.25, -0.2) is 0 Å². The fourth-order valence-corrected chi connectivity index (χ4v) is 1.57. The summed E-state index contributed by atoms with van der Waals surface area (Å²) in [5, 5.41) is 57.7. The third-order valence-electron chi connectivity index (χ3n) is 2.41. The van der Waals surface area contributed by atoms with Crippen molar-refractivity contribution >= 4 is 0 Å². The summed E-state index contributed by atoms with van der Waals surface area (Å²) in [5.74, 6) is 0. The molecule has 0 aromatic carbocycles. The monoisotopic (exact) mass is 237 g/mol. The Bertz CT molecular complexity index is 263. The van der Waals surface area contributed by atoms with Gasteiger partial charge in [0.15, 0.2) is 0 Å². The van der Waals surface area contributed by atoms with E-state index in [4.69, 9.17) is 0 Å². The molecular formula is C6H9N2O8-. The van der Waals surface area contributed by atoms with E-state index in [2.05, 4.69) is 0 Å². The molecule has 0 bridgehead atoms. The van der Waals surface area contributed by atoms with Crippen molar-refractivity contribution in [1.82, 2.24) is 0 Å². The van der Waals surface area contributed by atoms with Gasteiger partial charge in [0.2, 0.25) is 0 Å². The van der Waals surface area contributed by atoms with Gasteiger partial charge in [0.1, 0.15) is 12.2 Å². The number of hydrogen-bond acceptors (Lipinski definition) is 8. The molecule has 0 aliphatic heterocycles. The molecule has 0 aromatic rings. The molecule has 1 aliphatic rings. The highest BCUT2D eigenvalue weighted by Gasteiger charge is 2.52. The van der Waals surface area contributed by atoms with Crippen LogP contribution in [0, 0.1) is 26.3 Å². The molecule has 0 radical (unpaired) electrons. The lowest BCUT2D eigenvalue weighted by Gasteiger charge is -2.43. The molecule has 0 amide bonds. The van der Waals surface area contributed by atoms with Crippen LogP contribution in [0.2, 0.25) is 0 Å². The van der Waals surface area contributed by atoms with Crippen LogP contribution in [0.3, 0.4) is 0 Å². The van der Waals surface area contributed by atoms with Gasteiger partial charge in [-0.05, 0) is 0 Å². The van der Waals surface area contributed by atoms with Gasteiger partial charge in [-0.3, -0.25) is 20.2 Å². The molecule has 0 heterocycles. The Morgan fingerprint density at radius 3 is 1.56 bits per heavy atom. The second-order valence-corrected chi connectivity index (χ2v) is 3.33. The number of aliphatic hydroxyl groups excluding tert-OH is 4. The third-order valence-corrected chi connectivity index (χ3v) is 2.41. The molecule has 10 heteroatoms. The zero-order chi connectivity index (χ0) is 12.6. The van der Waals surface area contributed by atoms with Crippen molar-refractivity contribution in [2.75, 3.05) is 0 Å². The topological polar surface area (TPSA) is 167 Å². The van der Waals surface area contributed by atoms with E-state index in [1.165, 1.54) is 0 Å². The molecule has 1 saturated carbocycles. The zero-order valence-electron chi connectivity index (χ0n) is 7.70. The van der Waals surface area contributed by atoms with Crippen LogP contribution < -0.4 is 0 Å². The third kappa shape index (κ3) is 1.78. The molecule has 0 spiro atoms. The van der Waals surface area contributed by atoms with Crippen molar-refractivity contribution in [1.29, 1.82) is 0 Å². The summed E-state index contributed by atoms with van der Waals surface area (Å²) in [5.41, 5.74) is 0. The van der Waals surface area contributed by atoms with Crippen molar-refractivity contribution in [3.63, 3.8) is 0 Å². The summed E-state index contributed by atoms with van der Waals surface area (Å²) in [4.78, 5) is 18.5. The molecule has 1 aliphatic carbocycles. The molecule has 10 nitrogen and oxygen atoms in total. The maximum Gasteiger partial charge on any atom is 0.264 e. The maximum atomic E-state index is 10.4. The molecule has 0 saturated heterocycles. The van der Waals surface area contributed by atoms with Gasteiger partial charge >= 0.3 is 0 Å². The maximum absolute atomic E-state index is 10.4. The minimum absolute atomic E-state index is 1.11. The van der Waals surface area contributed by atoms with Crippen LogP contribution in [0.25, 0.3) is 0 Å². The minimum Gasteiger partial charge on any atom is -0.414 e. The van der Waals surface area contributed by atoms with Crippen LogP contribution >= 0.6 is 0 Å². The first-order valence-electron chi connectivity index (χ1n) is 4.16. The summed E-state index contributed by atoms with van der Waals surface area (Å²) in [6.45, 7) is 0. The van der Waals surface area contributed by atoms with Gasteiger partial charge in [-0.2, -0.15) is 0 Å². The van der Waals surface area contributed by atoms with E-state index in [0.29, 0.717) is 0 Å².